The van der Waals surface area contributed by atoms with Gasteiger partial charge in [0.1, 0.15) is 0 Å². The maximum Gasteiger partial charge on any atom is 0.430 e. The number of hydrogen-bond donors (Lipinski definition) is 2. The van der Waals surface area contributed by atoms with E-state index in [1.54, 1.807) is 12.2 Å². The summed E-state index contributed by atoms with van der Waals surface area (Å²) in [6.07, 6.45) is -6.94. The summed E-state index contributed by atoms with van der Waals surface area (Å²) in [6.45, 7) is 0.461. The summed E-state index contributed by atoms with van der Waals surface area (Å²) in [4.78, 5) is 11.2. The number of nitrogens with zero attached hydrogens (tertiary/aromatic N) is 5. The molecular weight excluding hydrogens is 616 g/mol. The summed E-state index contributed by atoms with van der Waals surface area (Å²) >= 11 is 5.26. The van der Waals surface area contributed by atoms with Crippen LogP contribution < -0.4 is 4.90 Å². The van der Waals surface area contributed by atoms with Crippen molar-refractivity contribution >= 4 is 33.1 Å². The van der Waals surface area contributed by atoms with Crippen LogP contribution in [0.1, 0.15) is 18.4 Å². The van der Waals surface area contributed by atoms with Gasteiger partial charge in [0.05, 0.1) is 36.3 Å². The number of aliphatic hydroxyl groups is 2. The molecule has 10 nitrogen and oxygen atoms in total. The first kappa shape index (κ1) is 31.2. The molecule has 3 fully saturated rings. The van der Waals surface area contributed by atoms with Crippen LogP contribution in [0.3, 0.4) is 0 Å². The lowest BCUT2D eigenvalue weighted by atomic mass is 9.95. The molecule has 4 heterocycles. The Morgan fingerprint density at radius 3 is 2.33 bits per heavy atom. The molecule has 0 saturated carbocycles. The first-order valence-electron chi connectivity index (χ1n) is 12.9. The minimum absolute atomic E-state index is 0.0201. The van der Waals surface area contributed by atoms with Crippen molar-refractivity contribution in [2.45, 2.75) is 55.0 Å². The third-order valence-corrected chi connectivity index (χ3v) is 10.5. The van der Waals surface area contributed by atoms with E-state index in [1.807, 2.05) is 4.90 Å². The Morgan fingerprint density at radius 2 is 1.74 bits per heavy atom. The van der Waals surface area contributed by atoms with Gasteiger partial charge in [0.2, 0.25) is 16.0 Å². The second-order valence-electron chi connectivity index (χ2n) is 10.5. The van der Waals surface area contributed by atoms with Crippen molar-refractivity contribution in [3.05, 3.63) is 41.1 Å². The summed E-state index contributed by atoms with van der Waals surface area (Å²) in [5, 5.41) is 20.2. The summed E-state index contributed by atoms with van der Waals surface area (Å²) in [5.74, 6) is -0.246. The number of halogens is 6. The van der Waals surface area contributed by atoms with Gasteiger partial charge in [0.25, 0.3) is 5.60 Å². The molecule has 18 heteroatoms. The molecule has 42 heavy (non-hydrogen) atoms. The minimum atomic E-state index is -6.10. The number of morpholine rings is 1. The van der Waals surface area contributed by atoms with Crippen molar-refractivity contribution in [3.63, 3.8) is 0 Å². The predicted molar refractivity (Wildman–Crippen MR) is 140 cm³/mol. The van der Waals surface area contributed by atoms with E-state index in [0.29, 0.717) is 13.0 Å². The zero-order valence-corrected chi connectivity index (χ0v) is 23.4. The Balaban J connectivity index is 1.46. The molecule has 0 radical (unpaired) electrons. The Kier molecular flexibility index (Phi) is 8.21. The molecule has 0 spiro atoms. The van der Waals surface area contributed by atoms with Crippen molar-refractivity contribution in [1.82, 2.24) is 19.2 Å². The number of allylic oxidation sites excluding steroid dienone is 4. The number of sulfonamides is 1. The Morgan fingerprint density at radius 1 is 1.07 bits per heavy atom. The number of rotatable bonds is 6. The van der Waals surface area contributed by atoms with E-state index in [1.165, 1.54) is 15.3 Å². The summed E-state index contributed by atoms with van der Waals surface area (Å²) in [5.41, 5.74) is -6.79. The molecule has 232 valence electrons. The van der Waals surface area contributed by atoms with Crippen LogP contribution in [0.25, 0.3) is 0 Å². The maximum atomic E-state index is 13.5. The number of thiocarbonyl (C=S) groups is 1. The summed E-state index contributed by atoms with van der Waals surface area (Å²) in [7, 11) is -4.04. The van der Waals surface area contributed by atoms with Gasteiger partial charge < -0.3 is 19.8 Å². The fourth-order valence-electron chi connectivity index (χ4n) is 5.79. The van der Waals surface area contributed by atoms with E-state index >= 15 is 0 Å². The van der Waals surface area contributed by atoms with Gasteiger partial charge in [-0.2, -0.15) is 30.6 Å². The molecule has 1 aromatic heterocycles. The number of fused-ring (bicyclic) bond motifs is 2. The highest BCUT2D eigenvalue weighted by Gasteiger charge is 2.71. The molecule has 4 atom stereocenters. The van der Waals surface area contributed by atoms with E-state index in [-0.39, 0.29) is 79.4 Å². The topological polar surface area (TPSA) is 119 Å². The molecule has 3 aliphatic heterocycles. The van der Waals surface area contributed by atoms with E-state index < -0.39 is 45.7 Å². The van der Waals surface area contributed by atoms with E-state index in [0.717, 1.165) is 0 Å². The first-order chi connectivity index (χ1) is 19.6. The molecular formula is C24H27F6N5O5S2. The lowest BCUT2D eigenvalue weighted by molar-refractivity contribution is -0.376. The van der Waals surface area contributed by atoms with Gasteiger partial charge in [-0.05, 0) is 12.5 Å². The number of anilines is 1. The van der Waals surface area contributed by atoms with Crippen molar-refractivity contribution in [2.75, 3.05) is 44.3 Å². The fraction of sp³-hybridized carbons (Fsp3) is 0.625. The van der Waals surface area contributed by atoms with Gasteiger partial charge in [-0.25, -0.2) is 18.4 Å². The minimum Gasteiger partial charge on any atom is -0.391 e. The van der Waals surface area contributed by atoms with Crippen LogP contribution in [0, 0.1) is 0 Å². The number of aliphatic hydroxyl groups excluding tert-OH is 1. The van der Waals surface area contributed by atoms with Gasteiger partial charge in [-0.3, -0.25) is 4.90 Å². The third-order valence-electron chi connectivity index (χ3n) is 8.03. The second kappa shape index (κ2) is 11.0. The molecule has 0 amide bonds. The lowest BCUT2D eigenvalue weighted by Crippen LogP contribution is -2.61. The highest BCUT2D eigenvalue weighted by molar-refractivity contribution is 7.96. The Bertz CT molecular complexity index is 1360. The molecule has 2 bridgehead atoms. The normalized spacial score (nSPS) is 28.3. The third kappa shape index (κ3) is 5.35. The van der Waals surface area contributed by atoms with Crippen LogP contribution in [0.15, 0.2) is 35.5 Å². The summed E-state index contributed by atoms with van der Waals surface area (Å²) in [6, 6.07) is -1.28. The zero-order chi connectivity index (χ0) is 30.7. The van der Waals surface area contributed by atoms with Crippen molar-refractivity contribution in [2.24, 2.45) is 0 Å². The SMILES string of the molecule is O=S(=O)(C1=CC=CCC1=S)N1CCN(c2ncc(C(O)(C(F)(F)F)C(F)(F)F)cn2)[C@@H](CN2[C@H]3COC[C@H]2[C@@H](O)C3)C1. The quantitative estimate of drug-likeness (QED) is 0.350. The van der Waals surface area contributed by atoms with Crippen LogP contribution in [-0.2, 0) is 20.4 Å². The molecule has 0 aromatic carbocycles. The molecule has 2 N–H and O–H groups in total. The number of hydrogen-bond acceptors (Lipinski definition) is 10. The van der Waals surface area contributed by atoms with Gasteiger partial charge in [-0.1, -0.05) is 24.4 Å². The number of piperazine rings is 1. The van der Waals surface area contributed by atoms with Crippen LogP contribution in [0.5, 0.6) is 0 Å². The van der Waals surface area contributed by atoms with Crippen molar-refractivity contribution in [3.8, 4) is 0 Å². The molecule has 3 saturated heterocycles. The second-order valence-corrected chi connectivity index (χ2v) is 12.9. The zero-order valence-electron chi connectivity index (χ0n) is 21.8. The van der Waals surface area contributed by atoms with Crippen LogP contribution in [-0.4, -0.2) is 119 Å². The monoisotopic (exact) mass is 643 g/mol. The van der Waals surface area contributed by atoms with E-state index in [4.69, 9.17) is 17.0 Å². The largest absolute Gasteiger partial charge is 0.430 e. The highest BCUT2D eigenvalue weighted by Crippen LogP contribution is 2.49. The molecule has 5 rings (SSSR count). The molecule has 1 aromatic rings. The number of ether oxygens (including phenoxy) is 1. The fourth-order valence-corrected chi connectivity index (χ4v) is 7.86. The van der Waals surface area contributed by atoms with Gasteiger partial charge >= 0.3 is 12.4 Å². The maximum absolute atomic E-state index is 13.5. The smallest absolute Gasteiger partial charge is 0.391 e. The Labute approximate surface area is 242 Å². The molecule has 0 unspecified atom stereocenters. The lowest BCUT2D eigenvalue weighted by Gasteiger charge is -2.45. The van der Waals surface area contributed by atoms with Gasteiger partial charge in [0.15, 0.2) is 0 Å². The number of alkyl halides is 6. The van der Waals surface area contributed by atoms with E-state index in [9.17, 15) is 45.0 Å². The molecule has 1 aliphatic carbocycles. The van der Waals surface area contributed by atoms with E-state index in [2.05, 4.69) is 9.97 Å². The van der Waals surface area contributed by atoms with Gasteiger partial charge in [0, 0.05) is 61.5 Å². The van der Waals surface area contributed by atoms with Crippen LogP contribution in [0.4, 0.5) is 32.3 Å². The summed E-state index contributed by atoms with van der Waals surface area (Å²) < 4.78 is 114. The standard InChI is InChI=1S/C24H27F6N5O5S2/c25-23(26,27)22(37,24(28,29)30)14-8-31-21(32-9-14)34-6-5-33(42(38,39)20-4-2-1-3-19(20)41)10-16(34)11-35-15-7-18(36)17(35)13-40-12-15/h1-2,4,8-9,15-18,36-37H,3,5-7,10-13H2/t15-,16-,17+,18+/m1/s1. The molecule has 4 aliphatic rings. The number of aromatic nitrogens is 2. The highest BCUT2D eigenvalue weighted by atomic mass is 32.2. The van der Waals surface area contributed by atoms with Crippen LogP contribution in [0.2, 0.25) is 0 Å². The average molecular weight is 644 g/mol. The van der Waals surface area contributed by atoms with Crippen LogP contribution >= 0.6 is 12.2 Å². The van der Waals surface area contributed by atoms with Gasteiger partial charge in [-0.15, -0.1) is 0 Å². The van der Waals surface area contributed by atoms with Crippen molar-refractivity contribution in [1.29, 1.82) is 0 Å². The first-order valence-corrected chi connectivity index (χ1v) is 14.8. The predicted octanol–water partition coefficient (Wildman–Crippen LogP) is 1.66. The average Bonchev–Trinajstić information content (AvgIpc) is 3.07. The Hall–Kier alpha value is -2.22. The van der Waals surface area contributed by atoms with Crippen molar-refractivity contribution < 1.29 is 49.7 Å².